The number of carbonyl (C=O) groups excluding carboxylic acids is 4. The highest BCUT2D eigenvalue weighted by Gasteiger charge is 2.50. The molecule has 0 saturated carbocycles. The van der Waals surface area contributed by atoms with Gasteiger partial charge in [-0.15, -0.1) is 0 Å². The van der Waals surface area contributed by atoms with Gasteiger partial charge >= 0.3 is 23.9 Å². The van der Waals surface area contributed by atoms with E-state index in [0.717, 1.165) is 0 Å². The minimum Gasteiger partial charge on any atom is -0.455 e. The molecule has 9 nitrogen and oxygen atoms in total. The van der Waals surface area contributed by atoms with E-state index < -0.39 is 53.9 Å². The predicted molar refractivity (Wildman–Crippen MR) is 109 cm³/mol. The van der Waals surface area contributed by atoms with Crippen LogP contribution in [0.15, 0.2) is 36.5 Å². The molecule has 0 aromatic rings. The van der Waals surface area contributed by atoms with Gasteiger partial charge in [-0.25, -0.2) is 14.4 Å². The molecule has 9 heteroatoms. The number of hydrogen-bond acceptors (Lipinski definition) is 9. The zero-order valence-electron chi connectivity index (χ0n) is 18.8. The van der Waals surface area contributed by atoms with E-state index in [0.29, 0.717) is 0 Å². The lowest BCUT2D eigenvalue weighted by Crippen LogP contribution is -2.59. The molecule has 0 aromatic carbocycles. The predicted octanol–water partition coefficient (Wildman–Crippen LogP) is 2.40. The van der Waals surface area contributed by atoms with E-state index in [1.807, 2.05) is 0 Å². The summed E-state index contributed by atoms with van der Waals surface area (Å²) in [6, 6.07) is 0. The summed E-state index contributed by atoms with van der Waals surface area (Å²) in [4.78, 5) is 49.0. The first-order chi connectivity index (χ1) is 14.1. The van der Waals surface area contributed by atoms with Crippen LogP contribution in [0.3, 0.4) is 0 Å². The third-order valence-electron chi connectivity index (χ3n) is 4.01. The molecule has 0 N–H and O–H groups in total. The third-order valence-corrected chi connectivity index (χ3v) is 4.01. The van der Waals surface area contributed by atoms with Crippen molar-refractivity contribution >= 4 is 23.9 Å². The normalized spacial score (nSPS) is 23.2. The Morgan fingerprint density at radius 1 is 0.742 bits per heavy atom. The minimum absolute atomic E-state index is 0.0452. The van der Waals surface area contributed by atoms with Crippen molar-refractivity contribution in [2.75, 3.05) is 6.61 Å². The highest BCUT2D eigenvalue weighted by Crippen LogP contribution is 2.28. The number of ether oxygens (including phenoxy) is 5. The van der Waals surface area contributed by atoms with Crippen LogP contribution in [0.2, 0.25) is 0 Å². The van der Waals surface area contributed by atoms with Gasteiger partial charge in [-0.05, 0) is 41.5 Å². The van der Waals surface area contributed by atoms with Crippen molar-refractivity contribution in [2.45, 2.75) is 66.1 Å². The van der Waals surface area contributed by atoms with Crippen LogP contribution in [0, 0.1) is 5.41 Å². The van der Waals surface area contributed by atoms with Gasteiger partial charge in [0.2, 0.25) is 12.4 Å². The van der Waals surface area contributed by atoms with Crippen LogP contribution in [0.5, 0.6) is 0 Å². The number of carbonyl (C=O) groups is 4. The molecule has 1 rings (SSSR count). The molecule has 0 aliphatic carbocycles. The van der Waals surface area contributed by atoms with Gasteiger partial charge in [-0.2, -0.15) is 0 Å². The van der Waals surface area contributed by atoms with Crippen molar-refractivity contribution in [3.8, 4) is 0 Å². The van der Waals surface area contributed by atoms with Crippen LogP contribution in [0.4, 0.5) is 0 Å². The number of hydrogen-bond donors (Lipinski definition) is 0. The summed E-state index contributed by atoms with van der Waals surface area (Å²) >= 11 is 0. The fourth-order valence-corrected chi connectivity index (χ4v) is 2.18. The maximum atomic E-state index is 12.4. The Bertz CT molecular complexity index is 787. The molecule has 1 aliphatic heterocycles. The number of rotatable bonds is 7. The first kappa shape index (κ1) is 26.1. The van der Waals surface area contributed by atoms with Gasteiger partial charge in [0.05, 0.1) is 12.0 Å². The highest BCUT2D eigenvalue weighted by molar-refractivity contribution is 5.88. The second-order valence-corrected chi connectivity index (χ2v) is 8.38. The Balaban J connectivity index is 3.34. The van der Waals surface area contributed by atoms with Crippen molar-refractivity contribution in [1.82, 2.24) is 0 Å². The van der Waals surface area contributed by atoms with Crippen molar-refractivity contribution in [3.63, 3.8) is 0 Å². The van der Waals surface area contributed by atoms with E-state index in [-0.39, 0.29) is 23.3 Å². The molecule has 1 saturated heterocycles. The maximum Gasteiger partial charge on any atom is 0.335 e. The topological polar surface area (TPSA) is 114 Å². The van der Waals surface area contributed by atoms with Gasteiger partial charge in [0, 0.05) is 16.7 Å². The Morgan fingerprint density at radius 3 is 1.58 bits per heavy atom. The molecule has 31 heavy (non-hydrogen) atoms. The zero-order valence-corrected chi connectivity index (χ0v) is 18.8. The first-order valence-corrected chi connectivity index (χ1v) is 9.57. The second-order valence-electron chi connectivity index (χ2n) is 8.38. The summed E-state index contributed by atoms with van der Waals surface area (Å²) in [6.07, 6.45) is -5.37. The molecule has 0 spiro atoms. The van der Waals surface area contributed by atoms with Crippen molar-refractivity contribution in [1.29, 1.82) is 0 Å². The summed E-state index contributed by atoms with van der Waals surface area (Å²) in [6.45, 7) is 19.4. The molecule has 1 unspecified atom stereocenters. The Kier molecular flexibility index (Phi) is 8.74. The zero-order chi connectivity index (χ0) is 24.1. The quantitative estimate of drug-likeness (QED) is 0.336. The molecule has 1 heterocycles. The fourth-order valence-electron chi connectivity index (χ4n) is 2.18. The van der Waals surface area contributed by atoms with Gasteiger partial charge < -0.3 is 23.7 Å². The van der Waals surface area contributed by atoms with Gasteiger partial charge in [0.25, 0.3) is 0 Å². The standard InChI is InChI=1S/C22H30O9/c1-11(2)17(23)29-15-14(28-21(26)22(7,8)9)10-27-20(31-19(25)13(5)6)16(15)30-18(24)12(3)4/h14-16,20H,1,3,5,10H2,2,4,6-9H3/t14-,15+,16-,20?/m1/s1. The summed E-state index contributed by atoms with van der Waals surface area (Å²) in [5, 5.41) is 0. The van der Waals surface area contributed by atoms with Crippen LogP contribution in [-0.2, 0) is 42.9 Å². The van der Waals surface area contributed by atoms with E-state index in [4.69, 9.17) is 23.7 Å². The SMILES string of the molecule is C=C(C)C(=O)OC1OC[C@@H](OC(=O)C(C)(C)C)[C@H](OC(=O)C(=C)C)[C@H]1OC(=O)C(=C)C. The molecule has 0 bridgehead atoms. The van der Waals surface area contributed by atoms with Gasteiger partial charge in [-0.3, -0.25) is 4.79 Å². The lowest BCUT2D eigenvalue weighted by molar-refractivity contribution is -0.273. The van der Waals surface area contributed by atoms with Crippen LogP contribution in [0.1, 0.15) is 41.5 Å². The van der Waals surface area contributed by atoms with E-state index in [2.05, 4.69) is 19.7 Å². The molecule has 0 aromatic heterocycles. The smallest absolute Gasteiger partial charge is 0.335 e. The monoisotopic (exact) mass is 438 g/mol. The average Bonchev–Trinajstić information content (AvgIpc) is 2.64. The van der Waals surface area contributed by atoms with Gasteiger partial charge in [-0.1, -0.05) is 19.7 Å². The lowest BCUT2D eigenvalue weighted by Gasteiger charge is -2.40. The van der Waals surface area contributed by atoms with Gasteiger partial charge in [0.15, 0.2) is 12.2 Å². The van der Waals surface area contributed by atoms with Crippen LogP contribution in [0.25, 0.3) is 0 Å². The summed E-state index contributed by atoms with van der Waals surface area (Å²) in [7, 11) is 0. The van der Waals surface area contributed by atoms with Crippen LogP contribution < -0.4 is 0 Å². The van der Waals surface area contributed by atoms with Crippen LogP contribution >= 0.6 is 0 Å². The molecular formula is C22H30O9. The molecule has 0 radical (unpaired) electrons. The Hall–Kier alpha value is -2.94. The maximum absolute atomic E-state index is 12.4. The average molecular weight is 438 g/mol. The third kappa shape index (κ3) is 7.36. The largest absolute Gasteiger partial charge is 0.455 e. The number of esters is 4. The minimum atomic E-state index is -1.44. The highest BCUT2D eigenvalue weighted by atomic mass is 16.7. The molecule has 1 fully saturated rings. The van der Waals surface area contributed by atoms with E-state index >= 15 is 0 Å². The van der Waals surface area contributed by atoms with Gasteiger partial charge in [0.1, 0.15) is 0 Å². The first-order valence-electron chi connectivity index (χ1n) is 9.57. The summed E-state index contributed by atoms with van der Waals surface area (Å²) in [5.41, 5.74) is -0.683. The van der Waals surface area contributed by atoms with Crippen molar-refractivity contribution in [2.24, 2.45) is 5.41 Å². The van der Waals surface area contributed by atoms with E-state index in [9.17, 15) is 19.2 Å². The fraction of sp³-hybridized carbons (Fsp3) is 0.545. The second kappa shape index (κ2) is 10.4. The van der Waals surface area contributed by atoms with Crippen molar-refractivity contribution in [3.05, 3.63) is 36.5 Å². The summed E-state index contributed by atoms with van der Waals surface area (Å²) in [5.74, 6) is -3.06. The molecule has 4 atom stereocenters. The van der Waals surface area contributed by atoms with E-state index in [1.54, 1.807) is 20.8 Å². The molecule has 1 aliphatic rings. The summed E-state index contributed by atoms with van der Waals surface area (Å²) < 4.78 is 27.0. The molecule has 172 valence electrons. The molecule has 0 amide bonds. The Labute approximate surface area is 182 Å². The Morgan fingerprint density at radius 2 is 1.16 bits per heavy atom. The van der Waals surface area contributed by atoms with E-state index in [1.165, 1.54) is 20.8 Å². The lowest BCUT2D eigenvalue weighted by atomic mass is 9.96. The molecular weight excluding hydrogens is 408 g/mol. The van der Waals surface area contributed by atoms with Crippen molar-refractivity contribution < 1.29 is 42.9 Å². The van der Waals surface area contributed by atoms with Crippen LogP contribution in [-0.4, -0.2) is 55.1 Å².